The largest absolute Gasteiger partial charge is 0.463 e. The molecule has 0 bridgehead atoms. The van der Waals surface area contributed by atoms with E-state index in [1.165, 1.54) is 19.3 Å². The van der Waals surface area contributed by atoms with Gasteiger partial charge in [-0.1, -0.05) is 19.8 Å². The molecule has 1 rings (SSSR count). The van der Waals surface area contributed by atoms with Gasteiger partial charge in [0.15, 0.2) is 0 Å². The summed E-state index contributed by atoms with van der Waals surface area (Å²) in [7, 11) is 0. The highest BCUT2D eigenvalue weighted by molar-refractivity contribution is 5.69. The second-order valence-corrected chi connectivity index (χ2v) is 4.23. The number of cyclic esters (lactones) is 1. The molecule has 1 fully saturated rings. The van der Waals surface area contributed by atoms with E-state index in [2.05, 4.69) is 6.92 Å². The van der Waals surface area contributed by atoms with Crippen LogP contribution in [-0.4, -0.2) is 12.1 Å². The molecule has 0 aromatic carbocycles. The Morgan fingerprint density at radius 1 is 1.15 bits per heavy atom. The Kier molecular flexibility index (Phi) is 4.26. The third kappa shape index (κ3) is 4.30. The summed E-state index contributed by atoms with van der Waals surface area (Å²) in [5.41, 5.74) is 0. The van der Waals surface area contributed by atoms with Gasteiger partial charge in [0.2, 0.25) is 0 Å². The van der Waals surface area contributed by atoms with Gasteiger partial charge in [0, 0.05) is 6.42 Å². The fraction of sp³-hybridized carbons (Fsp3) is 0.909. The van der Waals surface area contributed by atoms with Gasteiger partial charge in [-0.2, -0.15) is 0 Å². The summed E-state index contributed by atoms with van der Waals surface area (Å²) in [5.74, 6) is 0.669. The molecule has 76 valence electrons. The zero-order chi connectivity index (χ0) is 9.68. The summed E-state index contributed by atoms with van der Waals surface area (Å²) in [4.78, 5) is 11.2. The van der Waals surface area contributed by atoms with Crippen molar-refractivity contribution >= 4 is 5.97 Å². The molecule has 0 aromatic rings. The minimum atomic E-state index is -0.0127. The molecule has 13 heavy (non-hydrogen) atoms. The molecular formula is C11H20O2. The molecule has 0 aliphatic carbocycles. The van der Waals surface area contributed by atoms with Crippen LogP contribution in [0.15, 0.2) is 0 Å². The normalized spacial score (nSPS) is 32.3. The third-order valence-electron chi connectivity index (χ3n) is 2.73. The highest BCUT2D eigenvalue weighted by Crippen LogP contribution is 2.18. The van der Waals surface area contributed by atoms with Gasteiger partial charge in [0.1, 0.15) is 0 Å². The zero-order valence-corrected chi connectivity index (χ0v) is 8.71. The molecule has 2 heteroatoms. The van der Waals surface area contributed by atoms with Crippen LogP contribution < -0.4 is 0 Å². The lowest BCUT2D eigenvalue weighted by atomic mass is 9.97. The lowest BCUT2D eigenvalue weighted by molar-refractivity contribution is -0.149. The molecule has 2 atom stereocenters. The molecule has 1 saturated heterocycles. The molecule has 1 aliphatic heterocycles. The number of carbonyl (C=O) groups excluding carboxylic acids is 1. The van der Waals surface area contributed by atoms with Crippen molar-refractivity contribution in [1.29, 1.82) is 0 Å². The van der Waals surface area contributed by atoms with Crippen molar-refractivity contribution in [2.45, 2.75) is 58.5 Å². The summed E-state index contributed by atoms with van der Waals surface area (Å²) >= 11 is 0. The summed E-state index contributed by atoms with van der Waals surface area (Å²) in [6.07, 6.45) is 6.48. The number of hydrogen-bond donors (Lipinski definition) is 0. The average molecular weight is 184 g/mol. The second kappa shape index (κ2) is 5.25. The maximum Gasteiger partial charge on any atom is 0.306 e. The van der Waals surface area contributed by atoms with Crippen LogP contribution in [-0.2, 0) is 9.53 Å². The van der Waals surface area contributed by atoms with Gasteiger partial charge in [-0.25, -0.2) is 0 Å². The maximum atomic E-state index is 11.2. The van der Waals surface area contributed by atoms with E-state index in [4.69, 9.17) is 4.74 Å². The molecule has 0 spiro atoms. The van der Waals surface area contributed by atoms with E-state index >= 15 is 0 Å². The van der Waals surface area contributed by atoms with Gasteiger partial charge in [0.25, 0.3) is 0 Å². The summed E-state index contributed by atoms with van der Waals surface area (Å²) in [6.45, 7) is 4.21. The summed E-state index contributed by atoms with van der Waals surface area (Å²) < 4.78 is 5.24. The topological polar surface area (TPSA) is 26.3 Å². The molecule has 2 unspecified atom stereocenters. The lowest BCUT2D eigenvalue weighted by Crippen LogP contribution is -2.16. The monoisotopic (exact) mass is 184 g/mol. The average Bonchev–Trinajstić information content (AvgIpc) is 2.08. The van der Waals surface area contributed by atoms with Crippen LogP contribution in [0.4, 0.5) is 0 Å². The van der Waals surface area contributed by atoms with Gasteiger partial charge < -0.3 is 4.74 Å². The number of hydrogen-bond acceptors (Lipinski definition) is 2. The van der Waals surface area contributed by atoms with Crippen molar-refractivity contribution in [2.24, 2.45) is 5.92 Å². The van der Waals surface area contributed by atoms with Crippen LogP contribution in [0.25, 0.3) is 0 Å². The molecule has 1 heterocycles. The smallest absolute Gasteiger partial charge is 0.306 e. The second-order valence-electron chi connectivity index (χ2n) is 4.23. The standard InChI is InChI=1S/C11H20O2/c1-9-5-3-4-6-10(2)13-11(12)8-7-9/h9-10H,3-8H2,1-2H3. The van der Waals surface area contributed by atoms with Crippen molar-refractivity contribution in [3.05, 3.63) is 0 Å². The van der Waals surface area contributed by atoms with E-state index in [0.717, 1.165) is 12.8 Å². The van der Waals surface area contributed by atoms with Crippen molar-refractivity contribution in [3.63, 3.8) is 0 Å². The summed E-state index contributed by atoms with van der Waals surface area (Å²) in [5, 5.41) is 0. The Labute approximate surface area is 80.7 Å². The van der Waals surface area contributed by atoms with E-state index < -0.39 is 0 Å². The fourth-order valence-electron chi connectivity index (χ4n) is 1.78. The van der Waals surface area contributed by atoms with Crippen LogP contribution in [0.3, 0.4) is 0 Å². The minimum Gasteiger partial charge on any atom is -0.463 e. The lowest BCUT2D eigenvalue weighted by Gasteiger charge is -2.17. The first kappa shape index (κ1) is 10.6. The van der Waals surface area contributed by atoms with E-state index in [1.807, 2.05) is 6.92 Å². The molecule has 0 radical (unpaired) electrons. The number of carbonyl (C=O) groups is 1. The molecule has 1 aliphatic rings. The van der Waals surface area contributed by atoms with Gasteiger partial charge >= 0.3 is 5.97 Å². The predicted molar refractivity (Wildman–Crippen MR) is 52.4 cm³/mol. The van der Waals surface area contributed by atoms with Crippen molar-refractivity contribution in [1.82, 2.24) is 0 Å². The summed E-state index contributed by atoms with van der Waals surface area (Å²) in [6, 6.07) is 0. The molecular weight excluding hydrogens is 164 g/mol. The number of esters is 1. The number of ether oxygens (including phenoxy) is 1. The Morgan fingerprint density at radius 2 is 1.85 bits per heavy atom. The van der Waals surface area contributed by atoms with Gasteiger partial charge in [-0.15, -0.1) is 0 Å². The molecule has 0 saturated carbocycles. The minimum absolute atomic E-state index is 0.0127. The fourth-order valence-corrected chi connectivity index (χ4v) is 1.78. The maximum absolute atomic E-state index is 11.2. The first-order chi connectivity index (χ1) is 6.18. The Bertz CT molecular complexity index is 165. The van der Waals surface area contributed by atoms with E-state index in [-0.39, 0.29) is 12.1 Å². The van der Waals surface area contributed by atoms with E-state index in [1.54, 1.807) is 0 Å². The van der Waals surface area contributed by atoms with Crippen molar-refractivity contribution < 1.29 is 9.53 Å². The van der Waals surface area contributed by atoms with E-state index in [9.17, 15) is 4.79 Å². The van der Waals surface area contributed by atoms with Crippen LogP contribution in [0.5, 0.6) is 0 Å². The van der Waals surface area contributed by atoms with Gasteiger partial charge in [-0.05, 0) is 32.1 Å². The Hall–Kier alpha value is -0.530. The Morgan fingerprint density at radius 3 is 2.62 bits per heavy atom. The first-order valence-electron chi connectivity index (χ1n) is 5.38. The third-order valence-corrected chi connectivity index (χ3v) is 2.73. The molecule has 0 N–H and O–H groups in total. The van der Waals surface area contributed by atoms with Gasteiger partial charge in [-0.3, -0.25) is 4.79 Å². The Balaban J connectivity index is 2.37. The SMILES string of the molecule is CC1CCCCC(C)OC(=O)CC1. The molecule has 0 aromatic heterocycles. The van der Waals surface area contributed by atoms with Gasteiger partial charge in [0.05, 0.1) is 6.10 Å². The first-order valence-corrected chi connectivity index (χ1v) is 5.38. The highest BCUT2D eigenvalue weighted by atomic mass is 16.5. The van der Waals surface area contributed by atoms with Crippen molar-refractivity contribution in [3.8, 4) is 0 Å². The van der Waals surface area contributed by atoms with E-state index in [0.29, 0.717) is 12.3 Å². The highest BCUT2D eigenvalue weighted by Gasteiger charge is 2.13. The molecule has 0 amide bonds. The predicted octanol–water partition coefficient (Wildman–Crippen LogP) is 2.91. The van der Waals surface area contributed by atoms with Crippen LogP contribution in [0.2, 0.25) is 0 Å². The van der Waals surface area contributed by atoms with Crippen LogP contribution in [0, 0.1) is 5.92 Å². The number of rotatable bonds is 0. The van der Waals surface area contributed by atoms with Crippen LogP contribution >= 0.6 is 0 Å². The van der Waals surface area contributed by atoms with Crippen molar-refractivity contribution in [2.75, 3.05) is 0 Å². The van der Waals surface area contributed by atoms with Crippen LogP contribution in [0.1, 0.15) is 52.4 Å². The molecule has 2 nitrogen and oxygen atoms in total. The zero-order valence-electron chi connectivity index (χ0n) is 8.71. The quantitative estimate of drug-likeness (QED) is 0.541.